The Labute approximate surface area is 636 Å². The number of benzene rings is 11. The van der Waals surface area contributed by atoms with Gasteiger partial charge in [-0.3, -0.25) is 4.57 Å². The molecule has 1 aliphatic carbocycles. The number of imidazole rings is 1. The van der Waals surface area contributed by atoms with Crippen LogP contribution in [-0.4, -0.2) is 14.1 Å². The van der Waals surface area contributed by atoms with Gasteiger partial charge in [0.1, 0.15) is 5.82 Å². The van der Waals surface area contributed by atoms with E-state index in [1.807, 2.05) is 83.6 Å². The Morgan fingerprint density at radius 3 is 1.59 bits per heavy atom. The zero-order valence-electron chi connectivity index (χ0n) is 73.9. The fraction of sp³-hybridized carbons (Fsp3) is 0.250. The molecule has 0 saturated carbocycles. The van der Waals surface area contributed by atoms with Gasteiger partial charge >= 0.3 is 0 Å². The van der Waals surface area contributed by atoms with Crippen molar-refractivity contribution < 1.29 is 48.2 Å². The first-order chi connectivity index (χ1) is 53.5. The minimum Gasteiger partial charge on any atom is -0.510 e. The van der Waals surface area contributed by atoms with Crippen LogP contribution in [0.15, 0.2) is 230 Å². The molecule has 0 atom stereocenters. The van der Waals surface area contributed by atoms with Crippen molar-refractivity contribution in [1.82, 2.24) is 14.1 Å². The fourth-order valence-electron chi connectivity index (χ4n) is 14.9. The summed E-state index contributed by atoms with van der Waals surface area (Å²) >= 11 is 0. The van der Waals surface area contributed by atoms with Gasteiger partial charge in [-0.2, -0.15) is 18.2 Å². The van der Waals surface area contributed by atoms with Gasteiger partial charge in [0.05, 0.1) is 34.5 Å². The number of rotatable bonds is 8. The molecule has 102 heavy (non-hydrogen) atoms. The molecule has 0 radical (unpaired) electrons. The average molecular weight is 1520 g/mol. The molecule has 0 N–H and O–H groups in total. The molecule has 16 rings (SSSR count). The van der Waals surface area contributed by atoms with E-state index in [1.54, 1.807) is 0 Å². The van der Waals surface area contributed by atoms with Crippen LogP contribution in [0.3, 0.4) is 0 Å². The maximum absolute atomic E-state index is 10.7. The molecule has 0 fully saturated rings. The van der Waals surface area contributed by atoms with Crippen LogP contribution in [0.25, 0.3) is 128 Å². The third kappa shape index (κ3) is 12.1. The molecule has 6 heteroatoms. The van der Waals surface area contributed by atoms with Gasteiger partial charge in [0, 0.05) is 44.3 Å². The average Bonchev–Trinajstić information content (AvgIpc) is 1.64. The summed E-state index contributed by atoms with van der Waals surface area (Å²) in [5.74, 6) is 1.44. The van der Waals surface area contributed by atoms with Crippen LogP contribution in [0.5, 0.6) is 11.5 Å². The van der Waals surface area contributed by atoms with Crippen molar-refractivity contribution in [1.29, 1.82) is 0 Å². The van der Waals surface area contributed by atoms with E-state index in [4.69, 9.17) is 17.9 Å². The van der Waals surface area contributed by atoms with Gasteiger partial charge in [-0.15, -0.1) is 29.7 Å². The van der Waals surface area contributed by atoms with Crippen LogP contribution in [0.2, 0.25) is 0 Å². The molecule has 1 aliphatic heterocycles. The van der Waals surface area contributed by atoms with Crippen molar-refractivity contribution in [3.63, 3.8) is 0 Å². The number of nitrogens with zero attached hydrogens (tertiary/aromatic N) is 4. The SMILES string of the molecule is [2H]c1c([2H])c([2H])c(-c2c([2H])c(-c3cc4c5c(c3)n(-c3[c-]c(Oc6[c-]c7c(cc6)c6ccccc6n7-c6cc(C(C)(C)C)ccn6)ccc3)[c-][n+]5-c3c(-c5cc(C(C)(C)C)cc(C(C)(C)C)c5)cc(C(C)(C)C)cc3-c3cc5c(cc3-c3ccccc3-4)C(C)(C)CCC5(C)C)c([2H])c(-c3c([2H])c([2H])c([2H])c([2H])c3[2H])c2[2H])c([2H])c1[2H].[Pt]. The quantitative estimate of drug-likeness (QED) is 0.112. The van der Waals surface area contributed by atoms with Crippen LogP contribution in [0.1, 0.15) is 175 Å². The van der Waals surface area contributed by atoms with E-state index >= 15 is 0 Å². The molecule has 4 heterocycles. The molecule has 5 nitrogen and oxygen atoms in total. The van der Waals surface area contributed by atoms with Gasteiger partial charge in [0.15, 0.2) is 0 Å². The van der Waals surface area contributed by atoms with Crippen molar-refractivity contribution in [3.8, 4) is 107 Å². The van der Waals surface area contributed by atoms with Crippen molar-refractivity contribution in [3.05, 3.63) is 282 Å². The van der Waals surface area contributed by atoms with Crippen molar-refractivity contribution in [2.24, 2.45) is 0 Å². The minimum absolute atomic E-state index is 0. The number of fused-ring (bicyclic) bond motifs is 11. The normalized spacial score (nSPS) is 15.9. The van der Waals surface area contributed by atoms with E-state index in [0.717, 1.165) is 107 Å². The zero-order valence-corrected chi connectivity index (χ0v) is 63.1. The Hall–Kier alpha value is -9.67. The summed E-state index contributed by atoms with van der Waals surface area (Å²) in [5, 5.41) is 1.97. The third-order valence-corrected chi connectivity index (χ3v) is 20.9. The Balaban J connectivity index is 0.0000104. The van der Waals surface area contributed by atoms with Crippen LogP contribution >= 0.6 is 0 Å². The molecule has 0 saturated heterocycles. The van der Waals surface area contributed by atoms with Gasteiger partial charge in [-0.1, -0.05) is 262 Å². The summed E-state index contributed by atoms with van der Waals surface area (Å²) < 4.78 is 136. The first-order valence-corrected chi connectivity index (χ1v) is 35.1. The van der Waals surface area contributed by atoms with E-state index in [0.29, 0.717) is 33.8 Å². The summed E-state index contributed by atoms with van der Waals surface area (Å²) in [6.07, 6.45) is 7.76. The third-order valence-electron chi connectivity index (χ3n) is 20.9. The van der Waals surface area contributed by atoms with Gasteiger partial charge in [0.25, 0.3) is 6.33 Å². The van der Waals surface area contributed by atoms with Crippen LogP contribution in [0, 0.1) is 18.5 Å². The second kappa shape index (κ2) is 24.8. The number of para-hydroxylation sites is 1. The summed E-state index contributed by atoms with van der Waals surface area (Å²) in [6.45, 7) is 36.1. The maximum atomic E-state index is 10.7. The van der Waals surface area contributed by atoms with E-state index in [1.165, 1.54) is 11.1 Å². The fourth-order valence-corrected chi connectivity index (χ4v) is 14.9. The monoisotopic (exact) mass is 1520 g/mol. The summed E-state index contributed by atoms with van der Waals surface area (Å²) in [6, 6.07) is 48.5. The smallest absolute Gasteiger partial charge is 0.268 e. The number of hydrogen-bond acceptors (Lipinski definition) is 2. The Morgan fingerprint density at radius 2 is 0.980 bits per heavy atom. The van der Waals surface area contributed by atoms with Gasteiger partial charge in [-0.05, 0) is 216 Å². The maximum Gasteiger partial charge on any atom is 0.268 e. The molecule has 0 spiro atoms. The van der Waals surface area contributed by atoms with Gasteiger partial charge in [-0.25, -0.2) is 4.98 Å². The van der Waals surface area contributed by atoms with Crippen LogP contribution in [-0.2, 0) is 53.6 Å². The Kier molecular flexibility index (Phi) is 13.2. The molecule has 0 bridgehead atoms. The van der Waals surface area contributed by atoms with E-state index < -0.39 is 106 Å². The second-order valence-corrected chi connectivity index (χ2v) is 33.0. The van der Waals surface area contributed by atoms with E-state index in [9.17, 15) is 9.60 Å². The largest absolute Gasteiger partial charge is 0.510 e. The van der Waals surface area contributed by atoms with Crippen molar-refractivity contribution in [2.75, 3.05) is 0 Å². The summed E-state index contributed by atoms with van der Waals surface area (Å²) in [5.41, 5.74) is 14.1. The molecule has 0 amide bonds. The number of ether oxygens (including phenoxy) is 1. The van der Waals surface area contributed by atoms with E-state index in [-0.39, 0.29) is 59.3 Å². The minimum atomic E-state index is -0.750. The zero-order chi connectivity index (χ0) is 81.8. The molecular weight excluding hydrogens is 1420 g/mol. The van der Waals surface area contributed by atoms with Gasteiger partial charge in [0.2, 0.25) is 0 Å². The molecular formula is C96H90N4OPt-2. The summed E-state index contributed by atoms with van der Waals surface area (Å²) in [7, 11) is 0. The summed E-state index contributed by atoms with van der Waals surface area (Å²) in [4.78, 5) is 4.94. The molecule has 512 valence electrons. The Morgan fingerprint density at radius 1 is 0.441 bits per heavy atom. The van der Waals surface area contributed by atoms with Gasteiger partial charge < -0.3 is 13.9 Å². The predicted molar refractivity (Wildman–Crippen MR) is 422 cm³/mol. The molecule has 2 aliphatic rings. The van der Waals surface area contributed by atoms with Crippen molar-refractivity contribution >= 4 is 32.8 Å². The predicted octanol–water partition coefficient (Wildman–Crippen LogP) is 25.1. The van der Waals surface area contributed by atoms with E-state index in [2.05, 4.69) is 211 Å². The first-order valence-electron chi connectivity index (χ1n) is 41.6. The number of hydrogen-bond donors (Lipinski definition) is 0. The topological polar surface area (TPSA) is 35.9 Å². The molecule has 3 aromatic heterocycles. The Bertz CT molecular complexity index is 6310. The molecule has 11 aromatic carbocycles. The van der Waals surface area contributed by atoms with Crippen LogP contribution < -0.4 is 9.30 Å². The standard InChI is InChI=1S/C96H90N4O.Pt/c1-91(2,3)67-40-43-97-88(54-67)100-85-37-26-25-36-76(85)77-39-38-73(56-86(77)100)101-72-33-27-32-71(55-72)98-59-99-89-78(66-47-68(92(4,5)6)51-69(48-66)93(7,8)9)52-70(94(10,11)12)53-82(89)80-58-84-83(95(13,14)41-42-96(84,15)16)57-79(80)74-34-23-24-35-75(74)81-49-65(50-87(98)90(81)99)64-45-62(60-28-19-17-20-29-60)44-63(46-64)61-30-21-18-22-31-61;/h17-40,43-54,57-58H,41-42H2,1-16H3;/q-2;/i17D,18D,19D,20D,21D,22D,28D,29D,30D,31D,44D,45D,46D;. The molecule has 14 aromatic rings. The number of pyridine rings is 1. The second-order valence-electron chi connectivity index (χ2n) is 33.0. The number of aromatic nitrogens is 4. The first kappa shape index (κ1) is 54.1. The van der Waals surface area contributed by atoms with Crippen molar-refractivity contribution in [2.45, 2.75) is 156 Å². The van der Waals surface area contributed by atoms with Crippen LogP contribution in [0.4, 0.5) is 0 Å². The molecule has 0 unspecified atom stereocenters.